The summed E-state index contributed by atoms with van der Waals surface area (Å²) in [7, 11) is 1.65. The number of carboxylic acids is 1. The second-order valence-electron chi connectivity index (χ2n) is 4.68. The third-order valence-corrected chi connectivity index (χ3v) is 3.17. The van der Waals surface area contributed by atoms with Crippen molar-refractivity contribution in [3.8, 4) is 0 Å². The maximum absolute atomic E-state index is 12.4. The van der Waals surface area contributed by atoms with E-state index in [2.05, 4.69) is 0 Å². The summed E-state index contributed by atoms with van der Waals surface area (Å²) in [6, 6.07) is 3.49. The SMILES string of the molecule is CCOCCN(C)C(=O)c1c(C)ccc(C)c1C(=O)O. The van der Waals surface area contributed by atoms with Crippen molar-refractivity contribution in [3.63, 3.8) is 0 Å². The molecule has 1 amide bonds. The Morgan fingerprint density at radius 1 is 1.20 bits per heavy atom. The minimum Gasteiger partial charge on any atom is -0.478 e. The maximum atomic E-state index is 12.4. The number of ether oxygens (including phenoxy) is 1. The summed E-state index contributed by atoms with van der Waals surface area (Å²) in [6.07, 6.45) is 0. The fourth-order valence-electron chi connectivity index (χ4n) is 2.00. The zero-order valence-corrected chi connectivity index (χ0v) is 12.4. The first-order chi connectivity index (χ1) is 9.40. The molecule has 0 atom stereocenters. The van der Waals surface area contributed by atoms with Gasteiger partial charge in [0.15, 0.2) is 0 Å². The fraction of sp³-hybridized carbons (Fsp3) is 0.467. The van der Waals surface area contributed by atoms with Crippen LogP contribution in [0.25, 0.3) is 0 Å². The Kier molecular flexibility index (Phi) is 5.70. The molecule has 1 N–H and O–H groups in total. The Balaban J connectivity index is 3.09. The molecular formula is C15H21NO4. The number of rotatable bonds is 6. The number of likely N-dealkylation sites (N-methyl/N-ethyl adjacent to an activating group) is 1. The van der Waals surface area contributed by atoms with E-state index < -0.39 is 5.97 Å². The number of aryl methyl sites for hydroxylation is 2. The zero-order valence-electron chi connectivity index (χ0n) is 12.4. The summed E-state index contributed by atoms with van der Waals surface area (Å²) < 4.78 is 5.21. The Morgan fingerprint density at radius 2 is 1.75 bits per heavy atom. The van der Waals surface area contributed by atoms with Crippen LogP contribution in [0.4, 0.5) is 0 Å². The quantitative estimate of drug-likeness (QED) is 0.810. The van der Waals surface area contributed by atoms with E-state index in [0.29, 0.717) is 30.9 Å². The molecular weight excluding hydrogens is 258 g/mol. The largest absolute Gasteiger partial charge is 0.478 e. The molecule has 0 bridgehead atoms. The summed E-state index contributed by atoms with van der Waals surface area (Å²) in [5.74, 6) is -1.36. The summed E-state index contributed by atoms with van der Waals surface area (Å²) in [4.78, 5) is 25.3. The van der Waals surface area contributed by atoms with Crippen LogP contribution >= 0.6 is 0 Å². The van der Waals surface area contributed by atoms with Crippen LogP contribution in [0.15, 0.2) is 12.1 Å². The molecule has 1 aromatic rings. The predicted octanol–water partition coefficient (Wildman–Crippen LogP) is 2.11. The number of hydrogen-bond acceptors (Lipinski definition) is 3. The first kappa shape index (κ1) is 16.2. The minimum atomic E-state index is -1.08. The third kappa shape index (κ3) is 3.57. The highest BCUT2D eigenvalue weighted by molar-refractivity contribution is 6.06. The Bertz CT molecular complexity index is 511. The molecule has 0 aliphatic rings. The lowest BCUT2D eigenvalue weighted by Gasteiger charge is -2.20. The van der Waals surface area contributed by atoms with E-state index in [9.17, 15) is 14.7 Å². The Morgan fingerprint density at radius 3 is 2.25 bits per heavy atom. The van der Waals surface area contributed by atoms with Crippen molar-refractivity contribution in [2.24, 2.45) is 0 Å². The molecule has 0 saturated heterocycles. The first-order valence-corrected chi connectivity index (χ1v) is 6.56. The van der Waals surface area contributed by atoms with Crippen molar-refractivity contribution >= 4 is 11.9 Å². The van der Waals surface area contributed by atoms with Crippen LogP contribution in [0.2, 0.25) is 0 Å². The van der Waals surface area contributed by atoms with Crippen LogP contribution < -0.4 is 0 Å². The molecule has 5 heteroatoms. The number of nitrogens with zero attached hydrogens (tertiary/aromatic N) is 1. The maximum Gasteiger partial charge on any atom is 0.336 e. The molecule has 0 unspecified atom stereocenters. The first-order valence-electron chi connectivity index (χ1n) is 6.56. The van der Waals surface area contributed by atoms with Crippen LogP contribution in [-0.2, 0) is 4.74 Å². The molecule has 0 radical (unpaired) electrons. The van der Waals surface area contributed by atoms with Gasteiger partial charge in [-0.3, -0.25) is 4.79 Å². The number of carboxylic acid groups (broad SMARTS) is 1. The number of benzene rings is 1. The highest BCUT2D eigenvalue weighted by Crippen LogP contribution is 2.20. The van der Waals surface area contributed by atoms with E-state index >= 15 is 0 Å². The summed E-state index contributed by atoms with van der Waals surface area (Å²) in [5, 5.41) is 9.32. The number of carbonyl (C=O) groups is 2. The highest BCUT2D eigenvalue weighted by Gasteiger charge is 2.23. The molecule has 0 heterocycles. The summed E-state index contributed by atoms with van der Waals surface area (Å²) in [5.41, 5.74) is 1.60. The van der Waals surface area contributed by atoms with Gasteiger partial charge >= 0.3 is 5.97 Å². The lowest BCUT2D eigenvalue weighted by Crippen LogP contribution is -2.32. The summed E-state index contributed by atoms with van der Waals surface area (Å²) >= 11 is 0. The van der Waals surface area contributed by atoms with Crippen molar-refractivity contribution in [3.05, 3.63) is 34.4 Å². The smallest absolute Gasteiger partial charge is 0.336 e. The van der Waals surface area contributed by atoms with Gasteiger partial charge < -0.3 is 14.7 Å². The second kappa shape index (κ2) is 7.05. The van der Waals surface area contributed by atoms with Gasteiger partial charge in [-0.25, -0.2) is 4.79 Å². The van der Waals surface area contributed by atoms with Gasteiger partial charge in [-0.1, -0.05) is 12.1 Å². The number of carbonyl (C=O) groups excluding carboxylic acids is 1. The standard InChI is InChI=1S/C15H21NO4/c1-5-20-9-8-16(4)14(17)12-10(2)6-7-11(3)13(12)15(18)19/h6-7H,5,8-9H2,1-4H3,(H,18,19). The van der Waals surface area contributed by atoms with Crippen molar-refractivity contribution in [2.75, 3.05) is 26.8 Å². The number of hydrogen-bond donors (Lipinski definition) is 1. The number of aromatic carboxylic acids is 1. The van der Waals surface area contributed by atoms with Crippen LogP contribution in [0, 0.1) is 13.8 Å². The zero-order chi connectivity index (χ0) is 15.3. The third-order valence-electron chi connectivity index (χ3n) is 3.17. The number of amides is 1. The molecule has 0 spiro atoms. The minimum absolute atomic E-state index is 0.0817. The normalized spacial score (nSPS) is 10.4. The molecule has 1 rings (SSSR count). The van der Waals surface area contributed by atoms with E-state index in [-0.39, 0.29) is 17.0 Å². The van der Waals surface area contributed by atoms with E-state index in [1.807, 2.05) is 6.92 Å². The molecule has 5 nitrogen and oxygen atoms in total. The lowest BCUT2D eigenvalue weighted by atomic mass is 9.96. The molecule has 0 aliphatic carbocycles. The van der Waals surface area contributed by atoms with Crippen molar-refractivity contribution in [2.45, 2.75) is 20.8 Å². The molecule has 0 saturated carbocycles. The lowest BCUT2D eigenvalue weighted by molar-refractivity contribution is 0.0662. The van der Waals surface area contributed by atoms with Crippen molar-refractivity contribution in [1.29, 1.82) is 0 Å². The van der Waals surface area contributed by atoms with Gasteiger partial charge in [0.2, 0.25) is 0 Å². The topological polar surface area (TPSA) is 66.8 Å². The van der Waals surface area contributed by atoms with Gasteiger partial charge in [-0.05, 0) is 31.9 Å². The van der Waals surface area contributed by atoms with E-state index in [1.54, 1.807) is 33.0 Å². The monoisotopic (exact) mass is 279 g/mol. The molecule has 20 heavy (non-hydrogen) atoms. The molecule has 110 valence electrons. The molecule has 0 aliphatic heterocycles. The van der Waals surface area contributed by atoms with Gasteiger partial charge in [0.1, 0.15) is 0 Å². The molecule has 1 aromatic carbocycles. The Hall–Kier alpha value is -1.88. The van der Waals surface area contributed by atoms with Gasteiger partial charge in [0, 0.05) is 20.2 Å². The van der Waals surface area contributed by atoms with Gasteiger partial charge in [0.25, 0.3) is 5.91 Å². The second-order valence-corrected chi connectivity index (χ2v) is 4.68. The average Bonchev–Trinajstić information content (AvgIpc) is 2.40. The van der Waals surface area contributed by atoms with Crippen LogP contribution in [-0.4, -0.2) is 48.7 Å². The van der Waals surface area contributed by atoms with Crippen LogP contribution in [0.1, 0.15) is 38.8 Å². The van der Waals surface area contributed by atoms with E-state index in [0.717, 1.165) is 0 Å². The van der Waals surface area contributed by atoms with Crippen LogP contribution in [0.5, 0.6) is 0 Å². The van der Waals surface area contributed by atoms with Crippen molar-refractivity contribution in [1.82, 2.24) is 4.90 Å². The van der Waals surface area contributed by atoms with Crippen molar-refractivity contribution < 1.29 is 19.4 Å². The van der Waals surface area contributed by atoms with Crippen LogP contribution in [0.3, 0.4) is 0 Å². The van der Waals surface area contributed by atoms with E-state index in [1.165, 1.54) is 4.90 Å². The van der Waals surface area contributed by atoms with E-state index in [4.69, 9.17) is 4.74 Å². The highest BCUT2D eigenvalue weighted by atomic mass is 16.5. The fourth-order valence-corrected chi connectivity index (χ4v) is 2.00. The predicted molar refractivity (Wildman–Crippen MR) is 76.3 cm³/mol. The Labute approximate surface area is 119 Å². The molecule has 0 fully saturated rings. The van der Waals surface area contributed by atoms with Gasteiger partial charge in [-0.15, -0.1) is 0 Å². The van der Waals surface area contributed by atoms with Gasteiger partial charge in [-0.2, -0.15) is 0 Å². The molecule has 0 aromatic heterocycles. The van der Waals surface area contributed by atoms with Gasteiger partial charge in [0.05, 0.1) is 17.7 Å². The average molecular weight is 279 g/mol. The summed E-state index contributed by atoms with van der Waals surface area (Å²) in [6.45, 7) is 6.78.